The fourth-order valence-corrected chi connectivity index (χ4v) is 0.340. The van der Waals surface area contributed by atoms with Crippen molar-refractivity contribution in [1.82, 2.24) is 0 Å². The van der Waals surface area contributed by atoms with E-state index in [4.69, 9.17) is 0 Å². The first-order valence-corrected chi connectivity index (χ1v) is 3.11. The number of hydrogen-bond donors (Lipinski definition) is 0. The van der Waals surface area contributed by atoms with Crippen molar-refractivity contribution in [2.75, 3.05) is 0 Å². The molecule has 1 radical (unpaired) electrons. The molecule has 0 aromatic heterocycles. The van der Waals surface area contributed by atoms with Crippen LogP contribution in [0.25, 0.3) is 0 Å². The van der Waals surface area contributed by atoms with E-state index in [-0.39, 0.29) is 31.0 Å². The largest absolute Gasteiger partial charge is 2.00 e. The molecule has 0 spiro atoms. The molecule has 63 valence electrons. The second-order valence-electron chi connectivity index (χ2n) is 2.05. The van der Waals surface area contributed by atoms with Crippen LogP contribution < -0.4 is 17.5 Å². The van der Waals surface area contributed by atoms with Gasteiger partial charge in [0.2, 0.25) is 0 Å². The van der Waals surface area contributed by atoms with Gasteiger partial charge >= 0.3 is 18.6 Å². The van der Waals surface area contributed by atoms with Crippen molar-refractivity contribution >= 4 is 0 Å². The molecule has 0 N–H and O–H groups in total. The van der Waals surface area contributed by atoms with Gasteiger partial charge in [-0.25, -0.2) is 12.2 Å². The molecular weight excluding hydrogens is 198 g/mol. The Morgan fingerprint density at radius 1 is 1.45 bits per heavy atom. The predicted octanol–water partition coefficient (Wildman–Crippen LogP) is -1.94. The van der Waals surface area contributed by atoms with Gasteiger partial charge in [0, 0.05) is 0 Å². The average Bonchev–Trinajstić information content (AvgIpc) is 2.11. The van der Waals surface area contributed by atoms with Crippen LogP contribution in [0.4, 0.5) is 0 Å². The third-order valence-electron chi connectivity index (χ3n) is 0.586. The summed E-state index contributed by atoms with van der Waals surface area (Å²) in [4.78, 5) is 0. The maximum atomic E-state index is 9.53. The van der Waals surface area contributed by atoms with Crippen molar-refractivity contribution in [1.29, 1.82) is 0 Å². The van der Waals surface area contributed by atoms with Gasteiger partial charge in [0.25, 0.3) is 0 Å². The van der Waals surface area contributed by atoms with Crippen LogP contribution in [0, 0.1) is 6.08 Å². The molecule has 0 heterocycles. The van der Waals surface area contributed by atoms with Gasteiger partial charge in [0.05, 0.1) is 0 Å². The maximum Gasteiger partial charge on any atom is 2.00 e. The molecule has 1 aliphatic carbocycles. The first-order valence-electron chi connectivity index (χ1n) is 3.11. The molecule has 0 amide bonds. The minimum Gasteiger partial charge on any atom is -1.00 e. The molecule has 0 saturated carbocycles. The van der Waals surface area contributed by atoms with Crippen molar-refractivity contribution < 1.29 is 36.1 Å². The van der Waals surface area contributed by atoms with E-state index in [0.29, 0.717) is 0 Å². The fourth-order valence-electron chi connectivity index (χ4n) is 0.340. The molecule has 0 aromatic carbocycles. The van der Waals surface area contributed by atoms with E-state index >= 15 is 0 Å². The Labute approximate surface area is 86.9 Å². The smallest absolute Gasteiger partial charge is 1.00 e. The van der Waals surface area contributed by atoms with Crippen LogP contribution in [0.3, 0.4) is 0 Å². The van der Waals surface area contributed by atoms with E-state index in [1.807, 2.05) is 12.2 Å². The van der Waals surface area contributed by atoms with E-state index in [1.54, 1.807) is 13.8 Å². The van der Waals surface area contributed by atoms with E-state index in [0.717, 1.165) is 6.42 Å². The van der Waals surface area contributed by atoms with Gasteiger partial charge in [-0.3, -0.25) is 6.08 Å². The van der Waals surface area contributed by atoms with Crippen LogP contribution in [0.5, 0.6) is 0 Å². The third-order valence-corrected chi connectivity index (χ3v) is 0.586. The standard InChI is InChI=1S/C5H5.C3H7O.ClH.V/c1-2-4-5-3-1;1-3(2)4;;/h1-3H,4H2;3H,1-2H3;1H;/q2*-1;;+2/p-1. The van der Waals surface area contributed by atoms with Crippen molar-refractivity contribution in [3.05, 3.63) is 24.3 Å². The second kappa shape index (κ2) is 12.9. The summed E-state index contributed by atoms with van der Waals surface area (Å²) in [5.41, 5.74) is 0. The molecule has 0 saturated heterocycles. The SMILES string of the molecule is CC(C)[O-].[C-]1=CC=CC1.[Cl-].[V+2]. The predicted molar refractivity (Wildman–Crippen MR) is 36.7 cm³/mol. The van der Waals surface area contributed by atoms with Crippen LogP contribution in [-0.4, -0.2) is 6.10 Å². The van der Waals surface area contributed by atoms with Crippen LogP contribution >= 0.6 is 0 Å². The van der Waals surface area contributed by atoms with Crippen LogP contribution in [-0.2, 0) is 18.6 Å². The maximum absolute atomic E-state index is 9.53. The summed E-state index contributed by atoms with van der Waals surface area (Å²) in [7, 11) is 0. The Bertz CT molecular complexity index is 97.9. The van der Waals surface area contributed by atoms with Gasteiger partial charge in [0.1, 0.15) is 0 Å². The van der Waals surface area contributed by atoms with E-state index < -0.39 is 6.10 Å². The summed E-state index contributed by atoms with van der Waals surface area (Å²) in [6.07, 6.45) is 9.58. The van der Waals surface area contributed by atoms with E-state index in [1.165, 1.54) is 0 Å². The molecule has 0 aromatic rings. The number of hydrogen-bond acceptors (Lipinski definition) is 1. The van der Waals surface area contributed by atoms with Gasteiger partial charge in [-0.2, -0.15) is 6.08 Å². The molecule has 0 unspecified atom stereocenters. The molecule has 1 rings (SSSR count). The summed E-state index contributed by atoms with van der Waals surface area (Å²) >= 11 is 0. The molecular formula is C8H12ClOV-. The summed E-state index contributed by atoms with van der Waals surface area (Å²) < 4.78 is 0. The van der Waals surface area contributed by atoms with Crippen molar-refractivity contribution in [2.24, 2.45) is 0 Å². The molecule has 11 heavy (non-hydrogen) atoms. The molecule has 0 aliphatic heterocycles. The molecule has 3 heteroatoms. The Morgan fingerprint density at radius 2 is 1.91 bits per heavy atom. The van der Waals surface area contributed by atoms with E-state index in [9.17, 15) is 5.11 Å². The Morgan fingerprint density at radius 3 is 2.00 bits per heavy atom. The van der Waals surface area contributed by atoms with Crippen LogP contribution in [0.1, 0.15) is 20.3 Å². The minimum absolute atomic E-state index is 0. The summed E-state index contributed by atoms with van der Waals surface area (Å²) in [6.45, 7) is 3.22. The first-order chi connectivity index (χ1) is 4.23. The van der Waals surface area contributed by atoms with Crippen LogP contribution in [0.15, 0.2) is 18.2 Å². The minimum atomic E-state index is -0.417. The zero-order valence-electron chi connectivity index (χ0n) is 6.75. The third kappa shape index (κ3) is 25.2. The van der Waals surface area contributed by atoms with Gasteiger partial charge in [0.15, 0.2) is 0 Å². The average molecular weight is 211 g/mol. The number of allylic oxidation sites excluding steroid dienone is 4. The zero-order chi connectivity index (χ0) is 7.11. The monoisotopic (exact) mass is 210 g/mol. The molecule has 0 bridgehead atoms. The van der Waals surface area contributed by atoms with Gasteiger partial charge in [-0.15, -0.1) is 12.5 Å². The van der Waals surface area contributed by atoms with Gasteiger partial charge in [-0.1, -0.05) is 13.8 Å². The Kier molecular flexibility index (Phi) is 20.5. The fraction of sp³-hybridized carbons (Fsp3) is 0.500. The normalized spacial score (nSPS) is 11.3. The van der Waals surface area contributed by atoms with Gasteiger partial charge < -0.3 is 17.5 Å². The second-order valence-corrected chi connectivity index (χ2v) is 2.05. The van der Waals surface area contributed by atoms with Crippen LogP contribution in [0.2, 0.25) is 0 Å². The summed E-state index contributed by atoms with van der Waals surface area (Å²) in [5, 5.41) is 9.53. The van der Waals surface area contributed by atoms with Crippen molar-refractivity contribution in [2.45, 2.75) is 26.4 Å². The topological polar surface area (TPSA) is 23.1 Å². The van der Waals surface area contributed by atoms with Gasteiger partial charge in [-0.05, 0) is 0 Å². The van der Waals surface area contributed by atoms with Crippen molar-refractivity contribution in [3.63, 3.8) is 0 Å². The molecule has 1 aliphatic rings. The molecule has 0 atom stereocenters. The Hall–Kier alpha value is 0.314. The molecule has 0 fully saturated rings. The molecule has 1 nitrogen and oxygen atoms in total. The van der Waals surface area contributed by atoms with E-state index in [2.05, 4.69) is 12.2 Å². The van der Waals surface area contributed by atoms with Crippen molar-refractivity contribution in [3.8, 4) is 0 Å². The number of rotatable bonds is 0. The zero-order valence-corrected chi connectivity index (χ0v) is 8.90. The Balaban J connectivity index is -0.000000101. The summed E-state index contributed by atoms with van der Waals surface area (Å²) in [6, 6.07) is 0. The summed E-state index contributed by atoms with van der Waals surface area (Å²) in [5.74, 6) is 0. The number of halogens is 1. The first kappa shape index (κ1) is 17.4. The quantitative estimate of drug-likeness (QED) is 0.427.